The number of alkyl halides is 16. The molecule has 0 radical (unpaired) electrons. The van der Waals surface area contributed by atoms with Crippen molar-refractivity contribution in [2.45, 2.75) is 47.9 Å². The van der Waals surface area contributed by atoms with E-state index in [2.05, 4.69) is 4.74 Å². The van der Waals surface area contributed by atoms with Crippen molar-refractivity contribution >= 4 is 0 Å². The molecule has 28 heavy (non-hydrogen) atoms. The van der Waals surface area contributed by atoms with Crippen LogP contribution in [0, 0.1) is 0 Å². The molecule has 166 valence electrons. The maximum absolute atomic E-state index is 13.2. The summed E-state index contributed by atoms with van der Waals surface area (Å²) in [6.07, 6.45) is -6.60. The first-order valence-electron chi connectivity index (χ1n) is 6.29. The summed E-state index contributed by atoms with van der Waals surface area (Å²) in [6.45, 7) is -3.39. The van der Waals surface area contributed by atoms with Crippen LogP contribution < -0.4 is 0 Å². The van der Waals surface area contributed by atoms with Gasteiger partial charge in [-0.3, -0.25) is 0 Å². The first-order chi connectivity index (χ1) is 12.0. The molecule has 0 bridgehead atoms. The summed E-state index contributed by atoms with van der Waals surface area (Å²) in [4.78, 5) is 0. The number of halogens is 16. The molecular formula is C11H4F16O. The topological polar surface area (TPSA) is 9.23 Å². The van der Waals surface area contributed by atoms with Crippen molar-refractivity contribution in [2.24, 2.45) is 0 Å². The monoisotopic (exact) mass is 456 g/mol. The van der Waals surface area contributed by atoms with Gasteiger partial charge < -0.3 is 4.74 Å². The van der Waals surface area contributed by atoms with Crippen LogP contribution in [-0.2, 0) is 4.74 Å². The molecule has 0 heterocycles. The second-order valence-corrected chi connectivity index (χ2v) is 5.35. The van der Waals surface area contributed by atoms with Gasteiger partial charge in [0, 0.05) is 6.08 Å². The maximum atomic E-state index is 13.2. The molecule has 0 fully saturated rings. The Balaban J connectivity index is 3.18. The minimum Gasteiger partial charge on any atom is -0.485 e. The lowest BCUT2D eigenvalue weighted by atomic mass is 9.94. The highest BCUT2D eigenvalue weighted by atomic mass is 19.4. The predicted octanol–water partition coefficient (Wildman–Crippen LogP) is 5.61. The highest BCUT2D eigenvalue weighted by molar-refractivity contribution is 5.30. The molecule has 1 aliphatic rings. The van der Waals surface area contributed by atoms with E-state index in [1.165, 1.54) is 0 Å². The minimum absolute atomic E-state index is 0.904. The van der Waals surface area contributed by atoms with Crippen LogP contribution in [0.5, 0.6) is 0 Å². The summed E-state index contributed by atoms with van der Waals surface area (Å²) in [5, 5.41) is 0. The lowest BCUT2D eigenvalue weighted by Gasteiger charge is -2.40. The van der Waals surface area contributed by atoms with Crippen LogP contribution >= 0.6 is 0 Å². The number of rotatable bonds is 8. The summed E-state index contributed by atoms with van der Waals surface area (Å²) in [5.74, 6) is -49.9. The third kappa shape index (κ3) is 3.04. The summed E-state index contributed by atoms with van der Waals surface area (Å²) in [6, 6.07) is 0. The molecule has 0 atom stereocenters. The standard InChI is InChI=1S/C11H4F16O/c12-4(13)8(20,21)10(24,25)11(26,27)9(22,23)6(16,17)2-28-3-1-5(14,15)7(3,18)19/h1,4H,2H2. The normalized spacial score (nSPS) is 20.7. The van der Waals surface area contributed by atoms with Gasteiger partial charge in [-0.1, -0.05) is 0 Å². The molecule has 0 N–H and O–H groups in total. The van der Waals surface area contributed by atoms with Gasteiger partial charge >= 0.3 is 47.9 Å². The average molecular weight is 456 g/mol. The first kappa shape index (κ1) is 24.5. The summed E-state index contributed by atoms with van der Waals surface area (Å²) in [7, 11) is 0. The van der Waals surface area contributed by atoms with E-state index in [4.69, 9.17) is 0 Å². The smallest absolute Gasteiger partial charge is 0.384 e. The molecule has 1 aliphatic carbocycles. The second-order valence-electron chi connectivity index (χ2n) is 5.35. The van der Waals surface area contributed by atoms with E-state index in [1.807, 2.05) is 0 Å². The van der Waals surface area contributed by atoms with Crippen LogP contribution in [0.2, 0.25) is 0 Å². The van der Waals surface area contributed by atoms with Gasteiger partial charge in [0.25, 0.3) is 0 Å². The minimum atomic E-state index is -7.87. The van der Waals surface area contributed by atoms with Crippen LogP contribution in [0.25, 0.3) is 0 Å². The Morgan fingerprint density at radius 3 is 1.50 bits per heavy atom. The molecule has 1 nitrogen and oxygen atoms in total. The van der Waals surface area contributed by atoms with Crippen LogP contribution in [0.4, 0.5) is 70.2 Å². The van der Waals surface area contributed by atoms with Gasteiger partial charge in [-0.05, 0) is 0 Å². The molecule has 0 aromatic carbocycles. The zero-order chi connectivity index (χ0) is 22.8. The molecule has 0 aromatic rings. The van der Waals surface area contributed by atoms with Gasteiger partial charge in [0.15, 0.2) is 12.4 Å². The molecule has 1 rings (SSSR count). The van der Waals surface area contributed by atoms with E-state index in [0.717, 1.165) is 0 Å². The van der Waals surface area contributed by atoms with Crippen LogP contribution in [-0.4, -0.2) is 54.5 Å². The van der Waals surface area contributed by atoms with Gasteiger partial charge in [-0.25, -0.2) is 8.78 Å². The molecule has 0 spiro atoms. The summed E-state index contributed by atoms with van der Waals surface area (Å²) in [5.41, 5.74) is 0. The number of hydrogen-bond donors (Lipinski definition) is 0. The van der Waals surface area contributed by atoms with Crippen molar-refractivity contribution in [3.05, 3.63) is 11.8 Å². The molecule has 17 heteroatoms. The maximum Gasteiger partial charge on any atom is 0.384 e. The Morgan fingerprint density at radius 2 is 1.18 bits per heavy atom. The number of hydrogen-bond acceptors (Lipinski definition) is 1. The Kier molecular flexibility index (Phi) is 5.42. The first-order valence-corrected chi connectivity index (χ1v) is 6.29. The Hall–Kier alpha value is -1.58. The van der Waals surface area contributed by atoms with Crippen molar-refractivity contribution in [1.82, 2.24) is 0 Å². The van der Waals surface area contributed by atoms with Gasteiger partial charge in [0.2, 0.25) is 0 Å². The van der Waals surface area contributed by atoms with E-state index >= 15 is 0 Å². The largest absolute Gasteiger partial charge is 0.485 e. The van der Waals surface area contributed by atoms with Crippen molar-refractivity contribution < 1.29 is 75.0 Å². The lowest BCUT2D eigenvalue weighted by molar-refractivity contribution is -0.415. The average Bonchev–Trinajstić information content (AvgIpc) is 2.50. The van der Waals surface area contributed by atoms with Gasteiger partial charge in [0.05, 0.1) is 0 Å². The van der Waals surface area contributed by atoms with Crippen molar-refractivity contribution in [1.29, 1.82) is 0 Å². The fraction of sp³-hybridized carbons (Fsp3) is 0.818. The highest BCUT2D eigenvalue weighted by Gasteiger charge is 2.88. The molecule has 0 aliphatic heterocycles. The van der Waals surface area contributed by atoms with E-state index in [9.17, 15) is 70.2 Å². The predicted molar refractivity (Wildman–Crippen MR) is 54.7 cm³/mol. The SMILES string of the molecule is FC(F)C(F)(F)C(F)(F)C(F)(F)C(F)(F)C(F)(F)COC1=CC(F)(F)C1(F)F. The van der Waals surface area contributed by atoms with Crippen molar-refractivity contribution in [3.8, 4) is 0 Å². The van der Waals surface area contributed by atoms with Crippen molar-refractivity contribution in [3.63, 3.8) is 0 Å². The lowest BCUT2D eigenvalue weighted by Crippen LogP contribution is -2.69. The summed E-state index contributed by atoms with van der Waals surface area (Å²) < 4.78 is 207. The van der Waals surface area contributed by atoms with E-state index in [-0.39, 0.29) is 0 Å². The highest BCUT2D eigenvalue weighted by Crippen LogP contribution is 2.58. The zero-order valence-corrected chi connectivity index (χ0v) is 12.3. The quantitative estimate of drug-likeness (QED) is 0.432. The van der Waals surface area contributed by atoms with Crippen molar-refractivity contribution in [2.75, 3.05) is 6.61 Å². The third-order valence-electron chi connectivity index (χ3n) is 3.39. The Morgan fingerprint density at radius 1 is 0.750 bits per heavy atom. The molecule has 0 aromatic heterocycles. The van der Waals surface area contributed by atoms with Gasteiger partial charge in [-0.2, -0.15) is 61.5 Å². The fourth-order valence-electron chi connectivity index (χ4n) is 1.60. The third-order valence-corrected chi connectivity index (χ3v) is 3.39. The molecule has 0 saturated carbocycles. The Bertz CT molecular complexity index is 633. The molecule has 0 amide bonds. The summed E-state index contributed by atoms with van der Waals surface area (Å²) >= 11 is 0. The van der Waals surface area contributed by atoms with Crippen LogP contribution in [0.15, 0.2) is 11.8 Å². The van der Waals surface area contributed by atoms with E-state index < -0.39 is 66.3 Å². The van der Waals surface area contributed by atoms with Gasteiger partial charge in [-0.15, -0.1) is 0 Å². The van der Waals surface area contributed by atoms with E-state index in [1.54, 1.807) is 0 Å². The second kappa shape index (κ2) is 6.21. The van der Waals surface area contributed by atoms with Gasteiger partial charge in [0.1, 0.15) is 0 Å². The zero-order valence-electron chi connectivity index (χ0n) is 12.3. The fourth-order valence-corrected chi connectivity index (χ4v) is 1.60. The molecular weight excluding hydrogens is 452 g/mol. The van der Waals surface area contributed by atoms with E-state index in [0.29, 0.717) is 0 Å². The molecule has 0 unspecified atom stereocenters. The number of ether oxygens (including phenoxy) is 1. The van der Waals surface area contributed by atoms with Crippen LogP contribution in [0.3, 0.4) is 0 Å². The molecule has 0 saturated heterocycles. The van der Waals surface area contributed by atoms with Crippen LogP contribution in [0.1, 0.15) is 0 Å². The number of allylic oxidation sites excluding steroid dienone is 2. The Labute approximate surface area is 142 Å².